The largest absolute Gasteiger partial charge is 0.508 e. The maximum absolute atomic E-state index is 12.9. The Bertz CT molecular complexity index is 2470. The number of ether oxygens (including phenoxy) is 1. The average Bonchev–Trinajstić information content (AvgIpc) is 4.25. The lowest BCUT2D eigenvalue weighted by Crippen LogP contribution is -2.37. The summed E-state index contributed by atoms with van der Waals surface area (Å²) >= 11 is 0. The fourth-order valence-corrected chi connectivity index (χ4v) is 10.4. The Kier molecular flexibility index (Phi) is 26.4. The highest BCUT2D eigenvalue weighted by molar-refractivity contribution is 5.95. The maximum atomic E-state index is 12.9. The van der Waals surface area contributed by atoms with Crippen LogP contribution in [-0.2, 0) is 0 Å². The minimum absolute atomic E-state index is 0. The molecule has 3 atom stereocenters. The first-order chi connectivity index (χ1) is 35.4. The van der Waals surface area contributed by atoms with Crippen LogP contribution in [0.25, 0.3) is 0 Å². The van der Waals surface area contributed by atoms with Crippen LogP contribution in [0.1, 0.15) is 115 Å². The molecule has 6 saturated heterocycles. The summed E-state index contributed by atoms with van der Waals surface area (Å²) in [6, 6.07) is 35.1. The molecule has 3 N–H and O–H groups in total. The van der Waals surface area contributed by atoms with E-state index >= 15 is 0 Å². The normalized spacial score (nSPS) is 19.9. The zero-order valence-corrected chi connectivity index (χ0v) is 43.9. The third kappa shape index (κ3) is 19.3. The number of nitrogens with one attached hydrogen (secondary N) is 1. The molecule has 0 saturated carbocycles. The van der Waals surface area contributed by atoms with E-state index in [9.17, 15) is 23.2 Å². The molecule has 0 aromatic heterocycles. The minimum Gasteiger partial charge on any atom is -0.508 e. The zero-order valence-electron chi connectivity index (χ0n) is 43.1. The number of phenolic OH excluding ortho intramolecular Hbond substituents is 1. The van der Waals surface area contributed by atoms with E-state index in [0.29, 0.717) is 23.4 Å². The number of carbonyl (C=O) groups excluding carboxylic acids is 2. The number of aromatic carboxylic acids is 1. The summed E-state index contributed by atoms with van der Waals surface area (Å²) in [4.78, 5) is 46.9. The fourth-order valence-electron chi connectivity index (χ4n) is 10.4. The number of hydrogen-bond acceptors (Lipinski definition) is 9. The Morgan fingerprint density at radius 2 is 0.947 bits per heavy atom. The van der Waals surface area contributed by atoms with Crippen molar-refractivity contribution in [3.63, 3.8) is 0 Å². The van der Waals surface area contributed by atoms with Crippen molar-refractivity contribution in [3.05, 3.63) is 161 Å². The minimum atomic E-state index is -1.04. The first kappa shape index (κ1) is 62.6. The van der Waals surface area contributed by atoms with Gasteiger partial charge in [0.25, 0.3) is 11.8 Å². The van der Waals surface area contributed by atoms with Crippen molar-refractivity contribution in [1.82, 2.24) is 29.8 Å². The summed E-state index contributed by atoms with van der Waals surface area (Å²) in [6.07, 6.45) is 11.5. The third-order valence-corrected chi connectivity index (χ3v) is 14.4. The molecule has 0 bridgehead atoms. The summed E-state index contributed by atoms with van der Waals surface area (Å²) in [5.74, 6) is 0.305. The number of aryl methyl sites for hydroxylation is 2. The Labute approximate surface area is 457 Å². The summed E-state index contributed by atoms with van der Waals surface area (Å²) in [7, 11) is 0. The van der Waals surface area contributed by atoms with Gasteiger partial charge in [-0.3, -0.25) is 24.3 Å². The number of halogens is 3. The van der Waals surface area contributed by atoms with E-state index in [0.717, 1.165) is 85.4 Å². The molecule has 76 heavy (non-hydrogen) atoms. The predicted octanol–water partition coefficient (Wildman–Crippen LogP) is 11.6. The van der Waals surface area contributed by atoms with Gasteiger partial charge in [-0.05, 0) is 226 Å². The van der Waals surface area contributed by atoms with Crippen LogP contribution in [-0.4, -0.2) is 149 Å². The number of hydrogen-bond donors (Lipinski definition) is 3. The Morgan fingerprint density at radius 1 is 0.526 bits per heavy atom. The molecule has 5 aromatic rings. The van der Waals surface area contributed by atoms with Crippen molar-refractivity contribution in [2.24, 2.45) is 0 Å². The van der Waals surface area contributed by atoms with Crippen LogP contribution < -0.4 is 10.1 Å². The van der Waals surface area contributed by atoms with Gasteiger partial charge in [0.1, 0.15) is 28.9 Å². The van der Waals surface area contributed by atoms with Crippen molar-refractivity contribution < 1.29 is 38.1 Å². The maximum Gasteiger partial charge on any atom is 0.335 e. The van der Waals surface area contributed by atoms with Crippen molar-refractivity contribution in [3.8, 4) is 17.2 Å². The number of carbonyl (C=O) groups is 3. The Balaban J connectivity index is 0.000000219. The number of benzene rings is 5. The topological polar surface area (TPSA) is 129 Å². The van der Waals surface area contributed by atoms with Crippen LogP contribution in [0.5, 0.6) is 17.2 Å². The van der Waals surface area contributed by atoms with Crippen LogP contribution in [0.3, 0.4) is 0 Å². The zero-order chi connectivity index (χ0) is 51.5. The second-order valence-electron chi connectivity index (χ2n) is 19.9. The van der Waals surface area contributed by atoms with Crippen molar-refractivity contribution in [1.29, 1.82) is 0 Å². The van der Waals surface area contributed by atoms with E-state index in [2.05, 4.69) is 20.0 Å². The highest BCUT2D eigenvalue weighted by Crippen LogP contribution is 2.26. The number of likely N-dealkylation sites (tertiary alicyclic amines) is 5. The number of rotatable bonds is 8. The molecular weight excluding hydrogens is 986 g/mol. The van der Waals surface area contributed by atoms with Crippen LogP contribution >= 0.6 is 12.4 Å². The van der Waals surface area contributed by atoms with Crippen molar-refractivity contribution >= 4 is 30.2 Å². The van der Waals surface area contributed by atoms with Crippen LogP contribution in [0.4, 0.5) is 8.78 Å². The van der Waals surface area contributed by atoms with Gasteiger partial charge in [-0.25, -0.2) is 13.6 Å². The predicted molar refractivity (Wildman–Crippen MR) is 303 cm³/mol. The van der Waals surface area contributed by atoms with E-state index < -0.39 is 11.8 Å². The lowest BCUT2D eigenvalue weighted by atomic mass is 10.2. The van der Waals surface area contributed by atoms with Gasteiger partial charge in [-0.15, -0.1) is 12.4 Å². The molecule has 12 nitrogen and oxygen atoms in total. The van der Waals surface area contributed by atoms with Crippen molar-refractivity contribution in [2.75, 3.05) is 78.5 Å². The van der Waals surface area contributed by atoms with Crippen LogP contribution in [0, 0.1) is 25.5 Å². The summed E-state index contributed by atoms with van der Waals surface area (Å²) in [5, 5.41) is 20.6. The standard InChI is InChI=1S/C22H26N2O2.C15H19FN2O.C8H16N2.C7H5FO2.C7H8O.2CH4.ClH/c1-17-5-4-6-21(15-17)26-20-9-7-18(8-10-20)22(25)24-14-11-19(16-24)23-12-2-3-13-23;16-13-5-3-12(4-6-13)15(19)18-10-7-14(11-18)17-8-1-2-9-17;1-2-6-10(5-1)8-3-4-9-7-8;8-6-3-1-5(2-4-6)7(9)10;1-6-3-2-4-7(8)5-6;;;/h4-10,15,19H,2-3,11-14,16H2,1H3;3-6,14H,1-2,7-11H2;8-9H,1-7H2;1-4H,(H,9,10);2-5,8H,1H3;2*1H4;1H/t;;8-;;;;;/m..0...../s1. The molecule has 0 spiro atoms. The van der Waals surface area contributed by atoms with E-state index in [-0.39, 0.29) is 50.5 Å². The summed E-state index contributed by atoms with van der Waals surface area (Å²) in [5.41, 5.74) is 3.68. The number of aromatic hydroxyl groups is 1. The smallest absolute Gasteiger partial charge is 0.335 e. The van der Waals surface area contributed by atoms with Gasteiger partial charge in [0, 0.05) is 62.0 Å². The summed E-state index contributed by atoms with van der Waals surface area (Å²) in [6.45, 7) is 17.2. The number of phenols is 1. The fraction of sp³-hybridized carbons (Fsp3) is 0.459. The molecule has 0 aliphatic carbocycles. The third-order valence-electron chi connectivity index (χ3n) is 14.4. The van der Waals surface area contributed by atoms with Gasteiger partial charge in [0.15, 0.2) is 0 Å². The highest BCUT2D eigenvalue weighted by atomic mass is 35.5. The Morgan fingerprint density at radius 3 is 1.34 bits per heavy atom. The molecule has 6 aliphatic rings. The van der Waals surface area contributed by atoms with Gasteiger partial charge in [0.05, 0.1) is 5.56 Å². The quantitative estimate of drug-likeness (QED) is 0.138. The number of carboxylic acids is 1. The van der Waals surface area contributed by atoms with Gasteiger partial charge >= 0.3 is 5.97 Å². The van der Waals surface area contributed by atoms with Gasteiger partial charge in [-0.1, -0.05) is 39.1 Å². The molecule has 6 fully saturated rings. The number of nitrogens with zero attached hydrogens (tertiary/aromatic N) is 5. The van der Waals surface area contributed by atoms with Crippen LogP contribution in [0.2, 0.25) is 0 Å². The molecule has 5 aromatic carbocycles. The molecule has 11 rings (SSSR count). The Hall–Kier alpha value is -5.90. The average molecular weight is 1070 g/mol. The molecule has 6 aliphatic heterocycles. The van der Waals surface area contributed by atoms with Crippen LogP contribution in [0.15, 0.2) is 121 Å². The van der Waals surface area contributed by atoms with Crippen molar-refractivity contribution in [2.45, 2.75) is 105 Å². The van der Waals surface area contributed by atoms with Gasteiger partial charge < -0.3 is 30.1 Å². The molecule has 414 valence electrons. The SMILES string of the molecule is C.C.C1CCN([C@H]2CCNC2)C1.Cc1cccc(O)c1.Cc1cccc(Oc2ccc(C(=O)N3CCC(N4CCCC4)C3)cc2)c1.Cl.O=C(O)c1ccc(F)cc1.O=C(c1ccc(F)cc1)N1CCC(N2CCCC2)C1. The molecule has 2 amide bonds. The summed E-state index contributed by atoms with van der Waals surface area (Å²) < 4.78 is 30.9. The first-order valence-electron chi connectivity index (χ1n) is 26.2. The second-order valence-corrected chi connectivity index (χ2v) is 19.9. The molecule has 2 unspecified atom stereocenters. The molecular formula is C61H83ClF2N6O6. The van der Waals surface area contributed by atoms with Gasteiger partial charge in [0.2, 0.25) is 0 Å². The highest BCUT2D eigenvalue weighted by Gasteiger charge is 2.33. The van der Waals surface area contributed by atoms with E-state index in [1.54, 1.807) is 24.3 Å². The first-order valence-corrected chi connectivity index (χ1v) is 26.2. The van der Waals surface area contributed by atoms with E-state index in [4.69, 9.17) is 14.9 Å². The monoisotopic (exact) mass is 1070 g/mol. The lowest BCUT2D eigenvalue weighted by molar-refractivity contribution is 0.0695. The molecule has 6 heterocycles. The van der Waals surface area contributed by atoms with E-state index in [1.165, 1.54) is 122 Å². The second kappa shape index (κ2) is 32.0. The number of amides is 2. The van der Waals surface area contributed by atoms with E-state index in [1.807, 2.05) is 84.3 Å². The number of carboxylic acid groups (broad SMARTS) is 1. The van der Waals surface area contributed by atoms with Gasteiger partial charge in [-0.2, -0.15) is 0 Å². The molecule has 0 radical (unpaired) electrons. The molecule has 15 heteroatoms. The lowest BCUT2D eigenvalue weighted by Gasteiger charge is -2.23.